The summed E-state index contributed by atoms with van der Waals surface area (Å²) in [5, 5.41) is 9.63. The molecule has 1 nitrogen and oxygen atoms in total. The van der Waals surface area contributed by atoms with Gasteiger partial charge >= 0.3 is 0 Å². The molecule has 1 aliphatic rings. The number of halogens is 1. The van der Waals surface area contributed by atoms with E-state index in [-0.39, 0.29) is 5.92 Å². The number of rotatable bonds is 1. The summed E-state index contributed by atoms with van der Waals surface area (Å²) in [4.78, 5) is 0. The lowest BCUT2D eigenvalue weighted by molar-refractivity contribution is -0.0289. The molecule has 0 aromatic rings. The van der Waals surface area contributed by atoms with Crippen molar-refractivity contribution in [1.82, 2.24) is 0 Å². The Labute approximate surface area is 74.0 Å². The van der Waals surface area contributed by atoms with Crippen LogP contribution in [-0.4, -0.2) is 16.9 Å². The molecular weight excluding hydrogens is 155 g/mol. The van der Waals surface area contributed by atoms with Gasteiger partial charge in [-0.15, -0.1) is 0 Å². The van der Waals surface area contributed by atoms with Crippen molar-refractivity contribution in [3.63, 3.8) is 0 Å². The molecule has 0 aromatic heterocycles. The van der Waals surface area contributed by atoms with Crippen molar-refractivity contribution < 1.29 is 9.50 Å². The lowest BCUT2D eigenvalue weighted by Crippen LogP contribution is -2.40. The highest BCUT2D eigenvalue weighted by molar-refractivity contribution is 4.88. The molecule has 0 unspecified atom stereocenters. The van der Waals surface area contributed by atoms with Crippen molar-refractivity contribution in [2.24, 2.45) is 11.8 Å². The fraction of sp³-hybridized carbons (Fsp3) is 1.00. The second-order valence-corrected chi connectivity index (χ2v) is 4.66. The molecule has 0 heterocycles. The van der Waals surface area contributed by atoms with Gasteiger partial charge in [0.1, 0.15) is 5.67 Å². The average Bonchev–Trinajstić information content (AvgIpc) is 1.83. The molecule has 0 bridgehead atoms. The Morgan fingerprint density at radius 3 is 2.33 bits per heavy atom. The summed E-state index contributed by atoms with van der Waals surface area (Å²) in [7, 11) is 0. The Hall–Kier alpha value is -0.110. The van der Waals surface area contributed by atoms with Crippen LogP contribution in [0.4, 0.5) is 4.39 Å². The quantitative estimate of drug-likeness (QED) is 0.647. The van der Waals surface area contributed by atoms with Crippen molar-refractivity contribution in [2.45, 2.75) is 51.8 Å². The third-order valence-electron chi connectivity index (χ3n) is 2.96. The molecule has 1 aliphatic carbocycles. The van der Waals surface area contributed by atoms with Crippen molar-refractivity contribution in [3.8, 4) is 0 Å². The van der Waals surface area contributed by atoms with Crippen LogP contribution in [0.2, 0.25) is 0 Å². The fourth-order valence-electron chi connectivity index (χ4n) is 2.15. The zero-order chi connectivity index (χ0) is 9.35. The van der Waals surface area contributed by atoms with Gasteiger partial charge in [-0.05, 0) is 32.6 Å². The van der Waals surface area contributed by atoms with Crippen molar-refractivity contribution in [2.75, 3.05) is 0 Å². The van der Waals surface area contributed by atoms with Crippen LogP contribution in [0, 0.1) is 11.8 Å². The molecule has 2 heteroatoms. The second kappa shape index (κ2) is 3.33. The second-order valence-electron chi connectivity index (χ2n) is 4.66. The van der Waals surface area contributed by atoms with E-state index in [1.807, 2.05) is 0 Å². The summed E-state index contributed by atoms with van der Waals surface area (Å²) < 4.78 is 13.5. The van der Waals surface area contributed by atoms with Crippen LogP contribution < -0.4 is 0 Å². The number of aliphatic hydroxyl groups is 1. The van der Waals surface area contributed by atoms with Gasteiger partial charge in [-0.3, -0.25) is 0 Å². The molecule has 1 saturated carbocycles. The van der Waals surface area contributed by atoms with Gasteiger partial charge in [0.15, 0.2) is 0 Å². The topological polar surface area (TPSA) is 20.2 Å². The van der Waals surface area contributed by atoms with Crippen LogP contribution in [0.25, 0.3) is 0 Å². The summed E-state index contributed by atoms with van der Waals surface area (Å²) in [6.45, 7) is 5.25. The van der Waals surface area contributed by atoms with Crippen LogP contribution in [0.5, 0.6) is 0 Å². The molecule has 12 heavy (non-hydrogen) atoms. The lowest BCUT2D eigenvalue weighted by Gasteiger charge is -2.37. The third-order valence-corrected chi connectivity index (χ3v) is 2.96. The summed E-state index contributed by atoms with van der Waals surface area (Å²) >= 11 is 0. The zero-order valence-electron chi connectivity index (χ0n) is 8.18. The number of hydrogen-bond donors (Lipinski definition) is 1. The monoisotopic (exact) mass is 174 g/mol. The molecule has 3 atom stereocenters. The van der Waals surface area contributed by atoms with E-state index in [1.54, 1.807) is 13.8 Å². The Bertz CT molecular complexity index is 150. The van der Waals surface area contributed by atoms with Crippen LogP contribution in [0.15, 0.2) is 0 Å². The third kappa shape index (κ3) is 2.19. The summed E-state index contributed by atoms with van der Waals surface area (Å²) in [6.07, 6.45) is 2.20. The van der Waals surface area contributed by atoms with Crippen LogP contribution in [0.1, 0.15) is 40.0 Å². The van der Waals surface area contributed by atoms with Crippen LogP contribution in [-0.2, 0) is 0 Å². The molecular formula is C10H19FO. The Balaban J connectivity index is 2.57. The zero-order valence-corrected chi connectivity index (χ0v) is 8.18. The number of aliphatic hydroxyl groups excluding tert-OH is 1. The first-order valence-corrected chi connectivity index (χ1v) is 4.78. The van der Waals surface area contributed by atoms with E-state index in [0.717, 1.165) is 19.3 Å². The minimum atomic E-state index is -1.22. The van der Waals surface area contributed by atoms with Gasteiger partial charge in [-0.1, -0.05) is 13.3 Å². The average molecular weight is 174 g/mol. The summed E-state index contributed by atoms with van der Waals surface area (Å²) in [5.41, 5.74) is -1.22. The Kier molecular flexibility index (Phi) is 2.77. The highest BCUT2D eigenvalue weighted by Crippen LogP contribution is 2.37. The smallest absolute Gasteiger partial charge is 0.110 e. The maximum absolute atomic E-state index is 13.5. The Morgan fingerprint density at radius 2 is 1.92 bits per heavy atom. The van der Waals surface area contributed by atoms with E-state index in [0.29, 0.717) is 5.92 Å². The first-order chi connectivity index (χ1) is 5.41. The molecule has 0 amide bonds. The van der Waals surface area contributed by atoms with E-state index in [9.17, 15) is 9.50 Å². The van der Waals surface area contributed by atoms with Gasteiger partial charge in [0.05, 0.1) is 6.10 Å². The van der Waals surface area contributed by atoms with E-state index < -0.39 is 11.8 Å². The van der Waals surface area contributed by atoms with Gasteiger partial charge in [0, 0.05) is 5.92 Å². The largest absolute Gasteiger partial charge is 0.393 e. The molecule has 1 rings (SSSR count). The molecule has 1 N–H and O–H groups in total. The minimum absolute atomic E-state index is 0.159. The summed E-state index contributed by atoms with van der Waals surface area (Å²) in [6, 6.07) is 0. The predicted molar refractivity (Wildman–Crippen MR) is 47.7 cm³/mol. The molecule has 0 aliphatic heterocycles. The molecule has 0 radical (unpaired) electrons. The SMILES string of the molecule is C[C@H]1CC[C@@H](C(C)(C)F)[C@@H](O)C1. The first-order valence-electron chi connectivity index (χ1n) is 4.78. The Morgan fingerprint density at radius 1 is 1.33 bits per heavy atom. The lowest BCUT2D eigenvalue weighted by atomic mass is 9.74. The van der Waals surface area contributed by atoms with E-state index in [4.69, 9.17) is 0 Å². The van der Waals surface area contributed by atoms with Gasteiger partial charge < -0.3 is 5.11 Å². The highest BCUT2D eigenvalue weighted by Gasteiger charge is 2.38. The van der Waals surface area contributed by atoms with Gasteiger partial charge in [0.2, 0.25) is 0 Å². The van der Waals surface area contributed by atoms with E-state index in [1.165, 1.54) is 0 Å². The number of alkyl halides is 1. The predicted octanol–water partition coefficient (Wildman–Crippen LogP) is 2.53. The van der Waals surface area contributed by atoms with Gasteiger partial charge in [-0.2, -0.15) is 0 Å². The molecule has 0 aromatic carbocycles. The standard InChI is InChI=1S/C10H19FO/c1-7-4-5-8(9(12)6-7)10(2,3)11/h7-9,12H,4-6H2,1-3H3/t7-,8+,9-/m0/s1. The van der Waals surface area contributed by atoms with E-state index >= 15 is 0 Å². The summed E-state index contributed by atoms with van der Waals surface area (Å²) in [5.74, 6) is 0.396. The van der Waals surface area contributed by atoms with Crippen molar-refractivity contribution >= 4 is 0 Å². The molecule has 0 saturated heterocycles. The number of hydrogen-bond acceptors (Lipinski definition) is 1. The van der Waals surface area contributed by atoms with Crippen molar-refractivity contribution in [3.05, 3.63) is 0 Å². The highest BCUT2D eigenvalue weighted by atomic mass is 19.1. The first kappa shape index (κ1) is 9.97. The minimum Gasteiger partial charge on any atom is -0.393 e. The molecule has 1 fully saturated rings. The maximum Gasteiger partial charge on any atom is 0.110 e. The van der Waals surface area contributed by atoms with Gasteiger partial charge in [0.25, 0.3) is 0 Å². The van der Waals surface area contributed by atoms with Crippen LogP contribution in [0.3, 0.4) is 0 Å². The molecule has 0 spiro atoms. The van der Waals surface area contributed by atoms with Gasteiger partial charge in [-0.25, -0.2) is 4.39 Å². The van der Waals surface area contributed by atoms with Crippen LogP contribution >= 0.6 is 0 Å². The van der Waals surface area contributed by atoms with E-state index in [2.05, 4.69) is 6.92 Å². The van der Waals surface area contributed by atoms with Crippen molar-refractivity contribution in [1.29, 1.82) is 0 Å². The molecule has 72 valence electrons. The maximum atomic E-state index is 13.5. The fourth-order valence-corrected chi connectivity index (χ4v) is 2.15. The normalized spacial score (nSPS) is 38.2.